The molecular formula is C23H25NO4. The third-order valence-electron chi connectivity index (χ3n) is 6.12. The summed E-state index contributed by atoms with van der Waals surface area (Å²) in [5.74, 6) is -1.89. The number of nitrogens with zero attached hydrogens (tertiary/aromatic N) is 1. The van der Waals surface area contributed by atoms with Crippen LogP contribution in [0.4, 0.5) is 0 Å². The Morgan fingerprint density at radius 3 is 2.11 bits per heavy atom. The monoisotopic (exact) mass is 379 g/mol. The summed E-state index contributed by atoms with van der Waals surface area (Å²) in [6.45, 7) is 0.148. The van der Waals surface area contributed by atoms with Gasteiger partial charge in [-0.1, -0.05) is 61.4 Å². The highest BCUT2D eigenvalue weighted by molar-refractivity contribution is 5.98. The van der Waals surface area contributed by atoms with Crippen molar-refractivity contribution in [3.8, 4) is 11.1 Å². The SMILES string of the molecule is CN(C1CCCC1)[C@@H](C(=O)O)C(=O)OCC1c2ccccc2-c2ccccc21. The number of rotatable bonds is 6. The fourth-order valence-electron chi connectivity index (χ4n) is 4.65. The lowest BCUT2D eigenvalue weighted by molar-refractivity contribution is -0.161. The maximum atomic E-state index is 12.7. The summed E-state index contributed by atoms with van der Waals surface area (Å²) in [6, 6.07) is 15.1. The third-order valence-corrected chi connectivity index (χ3v) is 6.12. The van der Waals surface area contributed by atoms with Gasteiger partial charge in [-0.2, -0.15) is 0 Å². The number of aliphatic carboxylic acids is 1. The van der Waals surface area contributed by atoms with Gasteiger partial charge in [0.25, 0.3) is 0 Å². The topological polar surface area (TPSA) is 66.8 Å². The van der Waals surface area contributed by atoms with Crippen molar-refractivity contribution in [1.82, 2.24) is 4.90 Å². The van der Waals surface area contributed by atoms with E-state index in [0.29, 0.717) is 0 Å². The van der Waals surface area contributed by atoms with Crippen molar-refractivity contribution in [2.24, 2.45) is 0 Å². The fourth-order valence-corrected chi connectivity index (χ4v) is 4.65. The normalized spacial score (nSPS) is 17.4. The van der Waals surface area contributed by atoms with Gasteiger partial charge in [-0.3, -0.25) is 4.90 Å². The van der Waals surface area contributed by atoms with Crippen molar-refractivity contribution in [3.05, 3.63) is 59.7 Å². The van der Waals surface area contributed by atoms with Crippen LogP contribution in [-0.4, -0.2) is 47.7 Å². The van der Waals surface area contributed by atoms with Crippen LogP contribution >= 0.6 is 0 Å². The van der Waals surface area contributed by atoms with E-state index >= 15 is 0 Å². The number of likely N-dealkylation sites (N-methyl/N-ethyl adjacent to an activating group) is 1. The van der Waals surface area contributed by atoms with Gasteiger partial charge in [-0.15, -0.1) is 0 Å². The van der Waals surface area contributed by atoms with Gasteiger partial charge in [0.2, 0.25) is 6.04 Å². The number of ether oxygens (including phenoxy) is 1. The molecule has 2 aliphatic rings. The molecule has 1 N–H and O–H groups in total. The second-order valence-corrected chi connectivity index (χ2v) is 7.70. The first-order valence-corrected chi connectivity index (χ1v) is 9.87. The quantitative estimate of drug-likeness (QED) is 0.613. The van der Waals surface area contributed by atoms with Crippen LogP contribution in [0.3, 0.4) is 0 Å². The number of esters is 1. The number of benzene rings is 2. The predicted octanol–water partition coefficient (Wildman–Crippen LogP) is 3.67. The molecule has 0 bridgehead atoms. The molecule has 0 aromatic heterocycles. The molecule has 2 aromatic rings. The zero-order chi connectivity index (χ0) is 19.7. The van der Waals surface area contributed by atoms with Gasteiger partial charge in [-0.05, 0) is 42.1 Å². The summed E-state index contributed by atoms with van der Waals surface area (Å²) >= 11 is 0. The molecule has 0 heterocycles. The second-order valence-electron chi connectivity index (χ2n) is 7.70. The lowest BCUT2D eigenvalue weighted by Gasteiger charge is -2.29. The molecule has 0 amide bonds. The molecule has 28 heavy (non-hydrogen) atoms. The van der Waals surface area contributed by atoms with Crippen LogP contribution in [0, 0.1) is 0 Å². The molecule has 1 fully saturated rings. The van der Waals surface area contributed by atoms with Crippen LogP contribution in [0.1, 0.15) is 42.7 Å². The summed E-state index contributed by atoms with van der Waals surface area (Å²) in [6.07, 6.45) is 4.01. The molecule has 1 atom stereocenters. The Morgan fingerprint density at radius 1 is 1.04 bits per heavy atom. The molecule has 0 radical (unpaired) electrons. The van der Waals surface area contributed by atoms with Gasteiger partial charge < -0.3 is 9.84 Å². The number of carbonyl (C=O) groups is 2. The van der Waals surface area contributed by atoms with Crippen LogP contribution in [0.15, 0.2) is 48.5 Å². The van der Waals surface area contributed by atoms with Gasteiger partial charge in [0.05, 0.1) is 0 Å². The van der Waals surface area contributed by atoms with E-state index in [0.717, 1.165) is 47.9 Å². The summed E-state index contributed by atoms with van der Waals surface area (Å²) in [5.41, 5.74) is 4.54. The molecule has 5 nitrogen and oxygen atoms in total. The average molecular weight is 379 g/mol. The van der Waals surface area contributed by atoms with E-state index in [1.807, 2.05) is 36.4 Å². The number of carbonyl (C=O) groups excluding carboxylic acids is 1. The minimum Gasteiger partial charge on any atom is -0.480 e. The fraction of sp³-hybridized carbons (Fsp3) is 0.391. The first-order valence-electron chi connectivity index (χ1n) is 9.87. The summed E-state index contributed by atoms with van der Waals surface area (Å²) in [5, 5.41) is 9.64. The van der Waals surface area contributed by atoms with Crippen molar-refractivity contribution in [3.63, 3.8) is 0 Å². The number of hydrogen-bond acceptors (Lipinski definition) is 4. The second kappa shape index (κ2) is 7.76. The van der Waals surface area contributed by atoms with Gasteiger partial charge in [0, 0.05) is 12.0 Å². The van der Waals surface area contributed by atoms with Crippen LogP contribution in [0.5, 0.6) is 0 Å². The Balaban J connectivity index is 1.52. The van der Waals surface area contributed by atoms with E-state index in [2.05, 4.69) is 12.1 Å². The molecule has 2 aromatic carbocycles. The summed E-state index contributed by atoms with van der Waals surface area (Å²) < 4.78 is 5.58. The third kappa shape index (κ3) is 3.31. The highest BCUT2D eigenvalue weighted by atomic mass is 16.5. The Kier molecular flexibility index (Phi) is 5.18. The van der Waals surface area contributed by atoms with Crippen molar-refractivity contribution in [2.45, 2.75) is 43.7 Å². The number of hydrogen-bond donors (Lipinski definition) is 1. The predicted molar refractivity (Wildman–Crippen MR) is 106 cm³/mol. The molecule has 146 valence electrons. The highest BCUT2D eigenvalue weighted by Crippen LogP contribution is 2.44. The van der Waals surface area contributed by atoms with Gasteiger partial charge in [-0.25, -0.2) is 9.59 Å². The Morgan fingerprint density at radius 2 is 1.57 bits per heavy atom. The summed E-state index contributed by atoms with van der Waals surface area (Å²) in [7, 11) is 1.72. The van der Waals surface area contributed by atoms with Gasteiger partial charge in [0.1, 0.15) is 6.61 Å². The molecular weight excluding hydrogens is 354 g/mol. The summed E-state index contributed by atoms with van der Waals surface area (Å²) in [4.78, 5) is 26.2. The maximum absolute atomic E-state index is 12.7. The molecule has 2 aliphatic carbocycles. The largest absolute Gasteiger partial charge is 0.480 e. The highest BCUT2D eigenvalue weighted by Gasteiger charge is 2.38. The Labute approximate surface area is 164 Å². The maximum Gasteiger partial charge on any atom is 0.335 e. The van der Waals surface area contributed by atoms with Crippen molar-refractivity contribution in [1.29, 1.82) is 0 Å². The van der Waals surface area contributed by atoms with Crippen molar-refractivity contribution in [2.75, 3.05) is 13.7 Å². The van der Waals surface area contributed by atoms with E-state index < -0.39 is 18.0 Å². The van der Waals surface area contributed by atoms with Crippen molar-refractivity contribution >= 4 is 11.9 Å². The van der Waals surface area contributed by atoms with Crippen LogP contribution in [0.25, 0.3) is 11.1 Å². The Bertz CT molecular complexity index is 842. The van der Waals surface area contributed by atoms with Gasteiger partial charge in [0.15, 0.2) is 0 Å². The smallest absolute Gasteiger partial charge is 0.335 e. The first kappa shape index (κ1) is 18.7. The van der Waals surface area contributed by atoms with Crippen LogP contribution in [-0.2, 0) is 14.3 Å². The molecule has 0 saturated heterocycles. The number of fused-ring (bicyclic) bond motifs is 3. The van der Waals surface area contributed by atoms with Crippen molar-refractivity contribution < 1.29 is 19.4 Å². The van der Waals surface area contributed by atoms with Gasteiger partial charge >= 0.3 is 11.9 Å². The minimum absolute atomic E-state index is 0.0671. The first-order chi connectivity index (χ1) is 13.6. The van der Waals surface area contributed by atoms with E-state index in [1.165, 1.54) is 0 Å². The molecule has 0 aliphatic heterocycles. The molecule has 5 heteroatoms. The molecule has 4 rings (SSSR count). The molecule has 0 unspecified atom stereocenters. The van der Waals surface area contributed by atoms with E-state index in [-0.39, 0.29) is 18.6 Å². The zero-order valence-electron chi connectivity index (χ0n) is 16.0. The Hall–Kier alpha value is -2.66. The lowest BCUT2D eigenvalue weighted by atomic mass is 9.98. The average Bonchev–Trinajstić information content (AvgIpc) is 3.33. The number of carboxylic acids is 1. The van der Waals surface area contributed by atoms with E-state index in [9.17, 15) is 14.7 Å². The number of carboxylic acid groups (broad SMARTS) is 1. The van der Waals surface area contributed by atoms with Crippen LogP contribution < -0.4 is 0 Å². The van der Waals surface area contributed by atoms with E-state index in [1.54, 1.807) is 11.9 Å². The molecule has 1 saturated carbocycles. The standard InChI is InChI=1S/C23H25NO4/c1-24(15-8-2-3-9-15)21(22(25)26)23(27)28-14-20-18-12-6-4-10-16(18)17-11-5-7-13-19(17)20/h4-7,10-13,15,20-21H,2-3,8-9,14H2,1H3,(H,25,26)/t21-/m0/s1. The zero-order valence-corrected chi connectivity index (χ0v) is 16.0. The van der Waals surface area contributed by atoms with E-state index in [4.69, 9.17) is 4.74 Å². The van der Waals surface area contributed by atoms with Crippen LogP contribution in [0.2, 0.25) is 0 Å². The minimum atomic E-state index is -1.25. The lowest BCUT2D eigenvalue weighted by Crippen LogP contribution is -2.49. The molecule has 0 spiro atoms.